The molecule has 0 radical (unpaired) electrons. The van der Waals surface area contributed by atoms with Crippen LogP contribution in [0.1, 0.15) is 17.5 Å². The molecule has 0 saturated carbocycles. The van der Waals surface area contributed by atoms with Crippen LogP contribution in [-0.2, 0) is 22.4 Å². The third-order valence-electron chi connectivity index (χ3n) is 4.99. The van der Waals surface area contributed by atoms with Crippen molar-refractivity contribution in [1.82, 2.24) is 10.2 Å². The fourth-order valence-electron chi connectivity index (χ4n) is 3.43. The summed E-state index contributed by atoms with van der Waals surface area (Å²) in [6.45, 7) is 3.98. The molecule has 0 aliphatic carbocycles. The number of hydrogen-bond donors (Lipinski definition) is 1. The van der Waals surface area contributed by atoms with Crippen LogP contribution in [0.25, 0.3) is 0 Å². The van der Waals surface area contributed by atoms with Crippen molar-refractivity contribution >= 4 is 17.5 Å². The van der Waals surface area contributed by atoms with E-state index in [0.717, 1.165) is 43.3 Å². The maximum Gasteiger partial charge on any atom is 0.220 e. The van der Waals surface area contributed by atoms with Gasteiger partial charge in [0.15, 0.2) is 0 Å². The molecule has 5 heteroatoms. The zero-order valence-electron chi connectivity index (χ0n) is 15.6. The van der Waals surface area contributed by atoms with E-state index in [1.54, 1.807) is 0 Å². The van der Waals surface area contributed by atoms with Crippen molar-refractivity contribution in [2.45, 2.75) is 25.3 Å². The van der Waals surface area contributed by atoms with Crippen molar-refractivity contribution in [3.63, 3.8) is 0 Å². The first-order valence-corrected chi connectivity index (χ1v) is 9.96. The van der Waals surface area contributed by atoms with E-state index < -0.39 is 0 Å². The van der Waals surface area contributed by atoms with Gasteiger partial charge < -0.3 is 10.1 Å². The molecule has 1 aliphatic heterocycles. The topological polar surface area (TPSA) is 41.6 Å². The molecular formula is C22H27ClN2O2. The van der Waals surface area contributed by atoms with E-state index in [1.165, 1.54) is 5.56 Å². The average Bonchev–Trinajstić information content (AvgIpc) is 2.72. The lowest BCUT2D eigenvalue weighted by molar-refractivity contribution is -0.121. The number of amides is 1. The summed E-state index contributed by atoms with van der Waals surface area (Å²) in [6, 6.07) is 18.4. The number of carbonyl (C=O) groups excluding carboxylic acids is 1. The van der Waals surface area contributed by atoms with Gasteiger partial charge in [0.1, 0.15) is 0 Å². The van der Waals surface area contributed by atoms with Crippen LogP contribution in [0.3, 0.4) is 0 Å². The van der Waals surface area contributed by atoms with Crippen LogP contribution in [0.15, 0.2) is 54.6 Å². The Morgan fingerprint density at radius 2 is 1.78 bits per heavy atom. The fraction of sp³-hybridized carbons (Fsp3) is 0.409. The molecule has 1 unspecified atom stereocenters. The van der Waals surface area contributed by atoms with E-state index in [0.29, 0.717) is 19.4 Å². The molecular weight excluding hydrogens is 360 g/mol. The van der Waals surface area contributed by atoms with Crippen LogP contribution < -0.4 is 5.32 Å². The van der Waals surface area contributed by atoms with Gasteiger partial charge in [0.05, 0.1) is 13.2 Å². The predicted molar refractivity (Wildman–Crippen MR) is 109 cm³/mol. The highest BCUT2D eigenvalue weighted by Crippen LogP contribution is 2.16. The number of aryl methyl sites for hydroxylation is 1. The number of carbonyl (C=O) groups is 1. The lowest BCUT2D eigenvalue weighted by Crippen LogP contribution is -2.49. The minimum Gasteiger partial charge on any atom is -0.379 e. The third kappa shape index (κ3) is 6.35. The van der Waals surface area contributed by atoms with E-state index in [9.17, 15) is 4.79 Å². The minimum absolute atomic E-state index is 0.0706. The molecule has 1 aliphatic rings. The molecule has 144 valence electrons. The Morgan fingerprint density at radius 1 is 1.07 bits per heavy atom. The summed E-state index contributed by atoms with van der Waals surface area (Å²) >= 11 is 6.18. The number of halogens is 1. The van der Waals surface area contributed by atoms with Crippen molar-refractivity contribution in [1.29, 1.82) is 0 Å². The van der Waals surface area contributed by atoms with E-state index in [1.807, 2.05) is 30.3 Å². The molecule has 1 amide bonds. The maximum atomic E-state index is 12.4. The van der Waals surface area contributed by atoms with Crippen LogP contribution in [-0.4, -0.2) is 49.7 Å². The zero-order valence-corrected chi connectivity index (χ0v) is 16.3. The van der Waals surface area contributed by atoms with E-state index in [4.69, 9.17) is 16.3 Å². The second kappa shape index (κ2) is 10.5. The first-order chi connectivity index (χ1) is 13.2. The Labute approximate surface area is 166 Å². The smallest absolute Gasteiger partial charge is 0.220 e. The quantitative estimate of drug-likeness (QED) is 0.756. The van der Waals surface area contributed by atoms with Crippen LogP contribution in [0, 0.1) is 0 Å². The lowest BCUT2D eigenvalue weighted by atomic mass is 10.0. The molecule has 0 spiro atoms. The second-order valence-corrected chi connectivity index (χ2v) is 7.29. The fourth-order valence-corrected chi connectivity index (χ4v) is 3.66. The van der Waals surface area contributed by atoms with Crippen molar-refractivity contribution in [2.75, 3.05) is 32.8 Å². The summed E-state index contributed by atoms with van der Waals surface area (Å²) in [5.74, 6) is 0.0706. The third-order valence-corrected chi connectivity index (χ3v) is 5.36. The van der Waals surface area contributed by atoms with Crippen LogP contribution in [0.5, 0.6) is 0 Å². The molecule has 3 rings (SSSR count). The first kappa shape index (κ1) is 19.9. The highest BCUT2D eigenvalue weighted by atomic mass is 35.5. The number of hydrogen-bond acceptors (Lipinski definition) is 3. The zero-order chi connectivity index (χ0) is 18.9. The Kier molecular flexibility index (Phi) is 7.69. The van der Waals surface area contributed by atoms with E-state index >= 15 is 0 Å². The summed E-state index contributed by atoms with van der Waals surface area (Å²) in [4.78, 5) is 14.8. The molecule has 2 aromatic carbocycles. The molecule has 1 fully saturated rings. The van der Waals surface area contributed by atoms with Crippen molar-refractivity contribution in [2.24, 2.45) is 0 Å². The van der Waals surface area contributed by atoms with Crippen LogP contribution >= 0.6 is 11.6 Å². The average molecular weight is 387 g/mol. The SMILES string of the molecule is O=C(CCc1ccccc1Cl)NCC(Cc1ccccc1)N1CCOCC1. The van der Waals surface area contributed by atoms with E-state index in [-0.39, 0.29) is 11.9 Å². The lowest BCUT2D eigenvalue weighted by Gasteiger charge is -2.34. The summed E-state index contributed by atoms with van der Waals surface area (Å²) in [5, 5.41) is 3.85. The Hall–Kier alpha value is -1.88. The summed E-state index contributed by atoms with van der Waals surface area (Å²) in [5.41, 5.74) is 2.31. The van der Waals surface area contributed by atoms with Gasteiger partial charge in [-0.2, -0.15) is 0 Å². The van der Waals surface area contributed by atoms with Gasteiger partial charge in [-0.15, -0.1) is 0 Å². The molecule has 1 atom stereocenters. The summed E-state index contributed by atoms with van der Waals surface area (Å²) in [7, 11) is 0. The van der Waals surface area contributed by atoms with Crippen LogP contribution in [0.2, 0.25) is 5.02 Å². The standard InChI is InChI=1S/C22H27ClN2O2/c23-21-9-5-4-8-19(21)10-11-22(26)24-17-20(25-12-14-27-15-13-25)16-18-6-2-1-3-7-18/h1-9,20H,10-17H2,(H,24,26). The van der Waals surface area contributed by atoms with Crippen molar-refractivity contribution < 1.29 is 9.53 Å². The van der Waals surface area contributed by atoms with Gasteiger partial charge in [0.2, 0.25) is 5.91 Å². The van der Waals surface area contributed by atoms with Crippen LogP contribution in [0.4, 0.5) is 0 Å². The molecule has 1 heterocycles. The van der Waals surface area contributed by atoms with Gasteiger partial charge in [-0.1, -0.05) is 60.1 Å². The van der Waals surface area contributed by atoms with Gasteiger partial charge in [0.25, 0.3) is 0 Å². The predicted octanol–water partition coefficient (Wildman–Crippen LogP) is 3.33. The van der Waals surface area contributed by atoms with Gasteiger partial charge in [-0.25, -0.2) is 0 Å². The highest BCUT2D eigenvalue weighted by Gasteiger charge is 2.22. The number of benzene rings is 2. The molecule has 1 N–H and O–H groups in total. The van der Waals surface area contributed by atoms with Gasteiger partial charge in [-0.3, -0.25) is 9.69 Å². The highest BCUT2D eigenvalue weighted by molar-refractivity contribution is 6.31. The molecule has 27 heavy (non-hydrogen) atoms. The Bertz CT molecular complexity index is 717. The number of morpholine rings is 1. The van der Waals surface area contributed by atoms with Gasteiger partial charge in [-0.05, 0) is 30.0 Å². The number of nitrogens with one attached hydrogen (secondary N) is 1. The second-order valence-electron chi connectivity index (χ2n) is 6.89. The van der Waals surface area contributed by atoms with Gasteiger partial charge in [0, 0.05) is 37.1 Å². The molecule has 4 nitrogen and oxygen atoms in total. The van der Waals surface area contributed by atoms with Gasteiger partial charge >= 0.3 is 0 Å². The Balaban J connectivity index is 1.53. The van der Waals surface area contributed by atoms with E-state index in [2.05, 4.69) is 34.5 Å². The normalized spacial score (nSPS) is 16.0. The molecule has 0 bridgehead atoms. The minimum atomic E-state index is 0.0706. The Morgan fingerprint density at radius 3 is 2.52 bits per heavy atom. The molecule has 1 saturated heterocycles. The largest absolute Gasteiger partial charge is 0.379 e. The number of ether oxygens (including phenoxy) is 1. The first-order valence-electron chi connectivity index (χ1n) is 9.58. The monoisotopic (exact) mass is 386 g/mol. The number of rotatable bonds is 8. The molecule has 2 aromatic rings. The molecule has 0 aromatic heterocycles. The van der Waals surface area contributed by atoms with Crippen molar-refractivity contribution in [3.05, 3.63) is 70.7 Å². The summed E-state index contributed by atoms with van der Waals surface area (Å²) in [6.07, 6.45) is 2.03. The maximum absolute atomic E-state index is 12.4. The number of nitrogens with zero attached hydrogens (tertiary/aromatic N) is 1. The van der Waals surface area contributed by atoms with Crippen molar-refractivity contribution in [3.8, 4) is 0 Å². The summed E-state index contributed by atoms with van der Waals surface area (Å²) < 4.78 is 5.48.